The molecule has 6 nitrogen and oxygen atoms in total. The molecule has 0 unspecified atom stereocenters. The maximum absolute atomic E-state index is 15.3. The molecule has 0 bridgehead atoms. The summed E-state index contributed by atoms with van der Waals surface area (Å²) in [5, 5.41) is 0.665. The summed E-state index contributed by atoms with van der Waals surface area (Å²) >= 11 is 5.95. The molecular weight excluding hydrogens is 446 g/mol. The minimum Gasteiger partial charge on any atom is -0.494 e. The molecule has 0 atom stereocenters. The molecule has 1 aromatic heterocycles. The number of benzene rings is 2. The number of fused-ring (bicyclic) bond motifs is 1. The minimum absolute atomic E-state index is 0. The van der Waals surface area contributed by atoms with Crippen LogP contribution in [0.1, 0.15) is 21.6 Å². The van der Waals surface area contributed by atoms with Crippen molar-refractivity contribution < 1.29 is 23.5 Å². The molecule has 0 amide bonds. The van der Waals surface area contributed by atoms with Crippen molar-refractivity contribution in [1.82, 2.24) is 9.47 Å². The van der Waals surface area contributed by atoms with Crippen LogP contribution in [0, 0.1) is 5.82 Å². The summed E-state index contributed by atoms with van der Waals surface area (Å²) in [6, 6.07) is 9.53. The zero-order chi connectivity index (χ0) is 22.0. The van der Waals surface area contributed by atoms with Gasteiger partial charge in [0.15, 0.2) is 11.6 Å². The van der Waals surface area contributed by atoms with Crippen LogP contribution >= 0.6 is 24.0 Å². The molecule has 2 aromatic carbocycles. The van der Waals surface area contributed by atoms with E-state index in [9.17, 15) is 9.59 Å². The Kier molecular flexibility index (Phi) is 8.06. The minimum atomic E-state index is -0.628. The van der Waals surface area contributed by atoms with Crippen LogP contribution in [-0.4, -0.2) is 49.7 Å². The van der Waals surface area contributed by atoms with Crippen LogP contribution < -0.4 is 4.74 Å². The number of hydrogen-bond donors (Lipinski definition) is 0. The van der Waals surface area contributed by atoms with E-state index >= 15 is 4.39 Å². The van der Waals surface area contributed by atoms with E-state index in [1.165, 1.54) is 24.9 Å². The zero-order valence-electron chi connectivity index (χ0n) is 17.6. The largest absolute Gasteiger partial charge is 0.494 e. The Morgan fingerprint density at radius 1 is 1.10 bits per heavy atom. The Bertz CT molecular complexity index is 1110. The third-order valence-corrected chi connectivity index (χ3v) is 5.03. The predicted octanol–water partition coefficient (Wildman–Crippen LogP) is 4.33. The van der Waals surface area contributed by atoms with Crippen molar-refractivity contribution in [3.8, 4) is 5.75 Å². The van der Waals surface area contributed by atoms with Gasteiger partial charge in [0, 0.05) is 28.2 Å². The van der Waals surface area contributed by atoms with Gasteiger partial charge < -0.3 is 14.4 Å². The zero-order valence-corrected chi connectivity index (χ0v) is 19.1. The van der Waals surface area contributed by atoms with Gasteiger partial charge in [0.05, 0.1) is 26.2 Å². The lowest BCUT2D eigenvalue weighted by molar-refractivity contribution is -0.139. The first-order valence-corrected chi connectivity index (χ1v) is 9.56. The van der Waals surface area contributed by atoms with Crippen molar-refractivity contribution in [2.24, 2.45) is 0 Å². The van der Waals surface area contributed by atoms with Gasteiger partial charge in [-0.2, -0.15) is 0 Å². The lowest BCUT2D eigenvalue weighted by Crippen LogP contribution is -2.21. The molecule has 0 saturated heterocycles. The standard InChI is InChI=1S/C22H22ClFN2O4.ClH/c1-25(2)12-17-15(11-19(27)30-4)20-16(9-10-18(29-3)21(20)24)26(17)22(28)13-5-7-14(23)8-6-13;/h5-10H,11-12H2,1-4H3;1H. The normalized spacial score (nSPS) is 10.8. The van der Waals surface area contributed by atoms with Crippen molar-refractivity contribution >= 4 is 46.8 Å². The Morgan fingerprint density at radius 3 is 2.29 bits per heavy atom. The topological polar surface area (TPSA) is 60.8 Å². The Balaban J connectivity index is 0.00000341. The van der Waals surface area contributed by atoms with Crippen LogP contribution in [0.25, 0.3) is 10.9 Å². The third kappa shape index (κ3) is 4.84. The number of hydrogen-bond acceptors (Lipinski definition) is 5. The first-order valence-electron chi connectivity index (χ1n) is 9.19. The first-order chi connectivity index (χ1) is 14.3. The molecule has 0 aliphatic heterocycles. The number of esters is 1. The second-order valence-electron chi connectivity index (χ2n) is 7.04. The molecule has 0 aliphatic carbocycles. The molecule has 3 rings (SSSR count). The highest BCUT2D eigenvalue weighted by Gasteiger charge is 2.27. The van der Waals surface area contributed by atoms with Crippen LogP contribution in [0.4, 0.5) is 4.39 Å². The molecule has 0 N–H and O–H groups in total. The van der Waals surface area contributed by atoms with Gasteiger partial charge in [-0.05, 0) is 56.1 Å². The summed E-state index contributed by atoms with van der Waals surface area (Å²) in [6.45, 7) is 0.308. The first kappa shape index (κ1) is 24.7. The Labute approximate surface area is 190 Å². The molecule has 166 valence electrons. The molecular formula is C22H23Cl2FN2O4. The van der Waals surface area contributed by atoms with Crippen molar-refractivity contribution in [1.29, 1.82) is 0 Å². The summed E-state index contributed by atoms with van der Waals surface area (Å²) in [4.78, 5) is 27.4. The van der Waals surface area contributed by atoms with Gasteiger partial charge in [-0.25, -0.2) is 4.39 Å². The van der Waals surface area contributed by atoms with E-state index in [2.05, 4.69) is 0 Å². The predicted molar refractivity (Wildman–Crippen MR) is 120 cm³/mol. The van der Waals surface area contributed by atoms with Crippen molar-refractivity contribution in [3.63, 3.8) is 0 Å². The monoisotopic (exact) mass is 468 g/mol. The molecule has 0 saturated carbocycles. The third-order valence-electron chi connectivity index (χ3n) is 4.77. The number of halogens is 3. The highest BCUT2D eigenvalue weighted by molar-refractivity contribution is 6.30. The number of methoxy groups -OCH3 is 2. The van der Waals surface area contributed by atoms with Gasteiger partial charge in [-0.15, -0.1) is 12.4 Å². The van der Waals surface area contributed by atoms with Crippen molar-refractivity contribution in [3.05, 3.63) is 64.1 Å². The maximum Gasteiger partial charge on any atom is 0.310 e. The SMILES string of the molecule is COC(=O)Cc1c(CN(C)C)n(C(=O)c2ccc(Cl)cc2)c2ccc(OC)c(F)c12.Cl. The highest BCUT2D eigenvalue weighted by atomic mass is 35.5. The van der Waals surface area contributed by atoms with Crippen LogP contribution in [0.3, 0.4) is 0 Å². The number of aromatic nitrogens is 1. The molecule has 0 radical (unpaired) electrons. The number of ether oxygens (including phenoxy) is 2. The van der Waals surface area contributed by atoms with Gasteiger partial charge >= 0.3 is 5.97 Å². The summed E-state index contributed by atoms with van der Waals surface area (Å²) in [5.74, 6) is -1.48. The average Bonchev–Trinajstić information content (AvgIpc) is 3.01. The van der Waals surface area contributed by atoms with Crippen LogP contribution in [0.5, 0.6) is 5.75 Å². The number of carbonyl (C=O) groups is 2. The summed E-state index contributed by atoms with van der Waals surface area (Å²) in [5.41, 5.74) is 1.64. The fourth-order valence-electron chi connectivity index (χ4n) is 3.43. The van der Waals surface area contributed by atoms with Gasteiger partial charge in [0.1, 0.15) is 0 Å². The fourth-order valence-corrected chi connectivity index (χ4v) is 3.55. The quantitative estimate of drug-likeness (QED) is 0.503. The van der Waals surface area contributed by atoms with E-state index < -0.39 is 11.8 Å². The second-order valence-corrected chi connectivity index (χ2v) is 7.48. The number of carbonyl (C=O) groups excluding carboxylic acids is 2. The number of rotatable bonds is 6. The molecule has 3 aromatic rings. The Hall–Kier alpha value is -2.61. The van der Waals surface area contributed by atoms with E-state index in [1.54, 1.807) is 30.3 Å². The molecule has 9 heteroatoms. The fraction of sp³-hybridized carbons (Fsp3) is 0.273. The van der Waals surface area contributed by atoms with E-state index in [0.717, 1.165) is 0 Å². The van der Waals surface area contributed by atoms with E-state index in [-0.39, 0.29) is 35.9 Å². The van der Waals surface area contributed by atoms with Crippen LogP contribution in [0.15, 0.2) is 36.4 Å². The van der Waals surface area contributed by atoms with Gasteiger partial charge in [-0.1, -0.05) is 11.6 Å². The lowest BCUT2D eigenvalue weighted by atomic mass is 10.1. The van der Waals surface area contributed by atoms with E-state index in [4.69, 9.17) is 21.1 Å². The molecule has 1 heterocycles. The van der Waals surface area contributed by atoms with E-state index in [1.807, 2.05) is 19.0 Å². The van der Waals surface area contributed by atoms with Gasteiger partial charge in [-0.3, -0.25) is 14.2 Å². The summed E-state index contributed by atoms with van der Waals surface area (Å²) < 4.78 is 26.7. The van der Waals surface area contributed by atoms with Crippen LogP contribution in [-0.2, 0) is 22.5 Å². The second kappa shape index (κ2) is 10.1. The van der Waals surface area contributed by atoms with Gasteiger partial charge in [0.25, 0.3) is 5.91 Å². The molecule has 31 heavy (non-hydrogen) atoms. The maximum atomic E-state index is 15.3. The Morgan fingerprint density at radius 2 is 1.74 bits per heavy atom. The average molecular weight is 469 g/mol. The van der Waals surface area contributed by atoms with E-state index in [0.29, 0.717) is 33.9 Å². The van der Waals surface area contributed by atoms with Gasteiger partial charge in [0.2, 0.25) is 0 Å². The summed E-state index contributed by atoms with van der Waals surface area (Å²) in [7, 11) is 6.28. The molecule has 0 fully saturated rings. The smallest absolute Gasteiger partial charge is 0.310 e. The van der Waals surface area contributed by atoms with Crippen molar-refractivity contribution in [2.45, 2.75) is 13.0 Å². The van der Waals surface area contributed by atoms with Crippen molar-refractivity contribution in [2.75, 3.05) is 28.3 Å². The summed E-state index contributed by atoms with van der Waals surface area (Å²) in [6.07, 6.45) is -0.179. The molecule has 0 spiro atoms. The molecule has 0 aliphatic rings. The van der Waals surface area contributed by atoms with Crippen LogP contribution in [0.2, 0.25) is 5.02 Å². The lowest BCUT2D eigenvalue weighted by Gasteiger charge is -2.15. The highest BCUT2D eigenvalue weighted by Crippen LogP contribution is 2.35. The number of nitrogens with zero attached hydrogens (tertiary/aromatic N) is 2.